The van der Waals surface area contributed by atoms with Gasteiger partial charge >= 0.3 is 0 Å². The molecule has 0 aliphatic heterocycles. The monoisotopic (exact) mass is 384 g/mol. The number of halogens is 1. The highest BCUT2D eigenvalue weighted by atomic mass is 19.1. The minimum atomic E-state index is -0.475. The highest BCUT2D eigenvalue weighted by Gasteiger charge is 2.30. The van der Waals surface area contributed by atoms with E-state index in [9.17, 15) is 9.18 Å². The third-order valence-corrected chi connectivity index (χ3v) is 5.52. The molecular weight excluding hydrogens is 351 g/mol. The zero-order valence-electron chi connectivity index (χ0n) is 17.8. The molecule has 0 N–H and O–H groups in total. The van der Waals surface area contributed by atoms with Gasteiger partial charge in [0, 0.05) is 5.56 Å². The molecule has 1 aliphatic rings. The number of hydrogen-bond donors (Lipinski definition) is 0. The number of carbonyl (C=O) groups is 1. The lowest BCUT2D eigenvalue weighted by atomic mass is 9.72. The molecule has 0 amide bonds. The van der Waals surface area contributed by atoms with E-state index in [0.717, 1.165) is 30.1 Å². The van der Waals surface area contributed by atoms with Crippen LogP contribution < -0.4 is 4.74 Å². The zero-order valence-corrected chi connectivity index (χ0v) is 17.8. The summed E-state index contributed by atoms with van der Waals surface area (Å²) in [5.41, 5.74) is 1.63. The van der Waals surface area contributed by atoms with E-state index in [1.165, 1.54) is 18.9 Å². The van der Waals surface area contributed by atoms with Crippen molar-refractivity contribution < 1.29 is 13.9 Å². The van der Waals surface area contributed by atoms with Gasteiger partial charge in [0.15, 0.2) is 6.29 Å². The summed E-state index contributed by atoms with van der Waals surface area (Å²) in [6.07, 6.45) is 5.38. The van der Waals surface area contributed by atoms with E-state index >= 15 is 0 Å². The summed E-state index contributed by atoms with van der Waals surface area (Å²) in [6, 6.07) is 12.3. The van der Waals surface area contributed by atoms with Crippen molar-refractivity contribution >= 4 is 6.29 Å². The fraction of sp³-hybridized carbons (Fsp3) is 0.480. The number of ether oxygens (including phenoxy) is 1. The molecule has 0 bridgehead atoms. The minimum absolute atomic E-state index is 0.0819. The van der Waals surface area contributed by atoms with Crippen LogP contribution in [0.3, 0.4) is 0 Å². The maximum Gasteiger partial charge on any atom is 0.153 e. The van der Waals surface area contributed by atoms with Gasteiger partial charge in [-0.15, -0.1) is 0 Å². The van der Waals surface area contributed by atoms with Crippen molar-refractivity contribution in [1.82, 2.24) is 0 Å². The van der Waals surface area contributed by atoms with Crippen LogP contribution in [-0.4, -0.2) is 12.4 Å². The third-order valence-electron chi connectivity index (χ3n) is 5.52. The van der Waals surface area contributed by atoms with Crippen LogP contribution >= 0.6 is 0 Å². The molecule has 3 rings (SSSR count). The van der Waals surface area contributed by atoms with Gasteiger partial charge in [0.1, 0.15) is 11.6 Å². The van der Waals surface area contributed by atoms with Crippen molar-refractivity contribution in [1.29, 1.82) is 0 Å². The standard InChI is InChI=1S/C23H27FO2.C2H6/c1-23(2,3)18-9-13-20(14-10-18)26-19-11-7-16(8-12-19)21-6-4-5-17(15-25)22(21)24;1-2/h4-8,11-12,15,18,20H,9-10,13-14H2,1-3H3;1-2H3. The molecule has 3 heteroatoms. The Bertz CT molecular complexity index is 751. The zero-order chi connectivity index (χ0) is 20.7. The van der Waals surface area contributed by atoms with Crippen LogP contribution in [0.5, 0.6) is 5.75 Å². The fourth-order valence-corrected chi connectivity index (χ4v) is 3.82. The van der Waals surface area contributed by atoms with E-state index in [2.05, 4.69) is 20.8 Å². The van der Waals surface area contributed by atoms with Crippen LogP contribution in [0.1, 0.15) is 70.7 Å². The number of aldehydes is 1. The van der Waals surface area contributed by atoms with Gasteiger partial charge in [0.25, 0.3) is 0 Å². The van der Waals surface area contributed by atoms with E-state index in [4.69, 9.17) is 4.74 Å². The Hall–Kier alpha value is -2.16. The second kappa shape index (κ2) is 9.86. The first-order valence-corrected chi connectivity index (χ1v) is 10.4. The topological polar surface area (TPSA) is 26.3 Å². The average Bonchev–Trinajstić information content (AvgIpc) is 2.70. The van der Waals surface area contributed by atoms with Gasteiger partial charge in [-0.25, -0.2) is 4.39 Å². The quantitative estimate of drug-likeness (QED) is 0.516. The Morgan fingerprint density at radius 2 is 1.57 bits per heavy atom. The minimum Gasteiger partial charge on any atom is -0.490 e. The van der Waals surface area contributed by atoms with Gasteiger partial charge in [-0.2, -0.15) is 0 Å². The number of carbonyl (C=O) groups excluding carboxylic acids is 1. The van der Waals surface area contributed by atoms with Crippen molar-refractivity contribution in [2.24, 2.45) is 11.3 Å². The van der Waals surface area contributed by atoms with Crippen LogP contribution in [0.15, 0.2) is 42.5 Å². The van der Waals surface area contributed by atoms with Crippen LogP contribution in [0.25, 0.3) is 11.1 Å². The lowest BCUT2D eigenvalue weighted by molar-refractivity contribution is 0.0882. The summed E-state index contributed by atoms with van der Waals surface area (Å²) in [4.78, 5) is 10.9. The Kier molecular flexibility index (Phi) is 7.79. The summed E-state index contributed by atoms with van der Waals surface area (Å²) in [5, 5.41) is 0. The maximum absolute atomic E-state index is 14.3. The first-order valence-electron chi connectivity index (χ1n) is 10.4. The van der Waals surface area contributed by atoms with E-state index in [0.29, 0.717) is 17.3 Å². The Morgan fingerprint density at radius 1 is 0.964 bits per heavy atom. The summed E-state index contributed by atoms with van der Waals surface area (Å²) in [5.74, 6) is 1.11. The summed E-state index contributed by atoms with van der Waals surface area (Å²) >= 11 is 0. The van der Waals surface area contributed by atoms with Crippen LogP contribution in [0.2, 0.25) is 0 Å². The number of hydrogen-bond acceptors (Lipinski definition) is 2. The summed E-state index contributed by atoms with van der Waals surface area (Å²) < 4.78 is 20.4. The summed E-state index contributed by atoms with van der Waals surface area (Å²) in [7, 11) is 0. The molecule has 2 aromatic rings. The Balaban J connectivity index is 0.00000136. The molecule has 0 atom stereocenters. The third kappa shape index (κ3) is 5.43. The Labute approximate surface area is 169 Å². The molecule has 0 spiro atoms. The molecule has 1 saturated carbocycles. The normalized spacial score (nSPS) is 19.4. The number of benzene rings is 2. The smallest absolute Gasteiger partial charge is 0.153 e. The average molecular weight is 385 g/mol. The molecule has 0 radical (unpaired) electrons. The first-order chi connectivity index (χ1) is 13.4. The van der Waals surface area contributed by atoms with E-state index in [-0.39, 0.29) is 11.7 Å². The predicted molar refractivity (Wildman–Crippen MR) is 114 cm³/mol. The van der Waals surface area contributed by atoms with Crippen molar-refractivity contribution in [3.8, 4) is 16.9 Å². The van der Waals surface area contributed by atoms with Crippen molar-refractivity contribution in [3.05, 3.63) is 53.8 Å². The van der Waals surface area contributed by atoms with Gasteiger partial charge in [-0.05, 0) is 60.8 Å². The van der Waals surface area contributed by atoms with Gasteiger partial charge in [-0.3, -0.25) is 4.79 Å². The molecule has 1 fully saturated rings. The maximum atomic E-state index is 14.3. The molecule has 2 nitrogen and oxygen atoms in total. The molecular formula is C25H33FO2. The highest BCUT2D eigenvalue weighted by molar-refractivity contribution is 5.79. The first kappa shape index (κ1) is 22.1. The molecule has 1 aliphatic carbocycles. The molecule has 0 aromatic heterocycles. The van der Waals surface area contributed by atoms with E-state index in [1.807, 2.05) is 38.1 Å². The predicted octanol–water partition coefficient (Wildman–Crippen LogP) is 7.32. The molecule has 152 valence electrons. The Morgan fingerprint density at radius 3 is 2.11 bits per heavy atom. The van der Waals surface area contributed by atoms with Gasteiger partial charge in [-0.1, -0.05) is 58.9 Å². The molecule has 0 saturated heterocycles. The lowest BCUT2D eigenvalue weighted by Crippen LogP contribution is -2.30. The van der Waals surface area contributed by atoms with Gasteiger partial charge in [0.05, 0.1) is 11.7 Å². The summed E-state index contributed by atoms with van der Waals surface area (Å²) in [6.45, 7) is 10.9. The molecule has 28 heavy (non-hydrogen) atoms. The second-order valence-corrected chi connectivity index (χ2v) is 8.31. The van der Waals surface area contributed by atoms with Crippen molar-refractivity contribution in [2.45, 2.75) is 66.4 Å². The van der Waals surface area contributed by atoms with Crippen molar-refractivity contribution in [2.75, 3.05) is 0 Å². The van der Waals surface area contributed by atoms with Crippen LogP contribution in [0.4, 0.5) is 4.39 Å². The van der Waals surface area contributed by atoms with Crippen molar-refractivity contribution in [3.63, 3.8) is 0 Å². The van der Waals surface area contributed by atoms with Crippen LogP contribution in [0, 0.1) is 17.2 Å². The van der Waals surface area contributed by atoms with E-state index < -0.39 is 5.82 Å². The highest BCUT2D eigenvalue weighted by Crippen LogP contribution is 2.39. The van der Waals surface area contributed by atoms with Gasteiger partial charge < -0.3 is 4.74 Å². The fourth-order valence-electron chi connectivity index (χ4n) is 3.82. The molecule has 0 unspecified atom stereocenters. The molecule has 2 aromatic carbocycles. The van der Waals surface area contributed by atoms with E-state index in [1.54, 1.807) is 12.1 Å². The lowest BCUT2D eigenvalue weighted by Gasteiger charge is -2.36. The number of rotatable bonds is 4. The van der Waals surface area contributed by atoms with Gasteiger partial charge in [0.2, 0.25) is 0 Å². The molecule has 0 heterocycles. The SMILES string of the molecule is CC.CC(C)(C)C1CCC(Oc2ccc(-c3cccc(C=O)c3F)cc2)CC1. The largest absolute Gasteiger partial charge is 0.490 e. The second-order valence-electron chi connectivity index (χ2n) is 8.31. The van der Waals surface area contributed by atoms with Crippen LogP contribution in [-0.2, 0) is 0 Å².